The molecule has 2 amide bonds. The largest absolute Gasteiger partial charge is 0.381 e. The number of rotatable bonds is 9. The van der Waals surface area contributed by atoms with Crippen molar-refractivity contribution >= 4 is 11.8 Å². The average Bonchev–Trinajstić information content (AvgIpc) is 3.32. The summed E-state index contributed by atoms with van der Waals surface area (Å²) in [6, 6.07) is 9.26. The van der Waals surface area contributed by atoms with Crippen molar-refractivity contribution in [2.75, 3.05) is 39.4 Å². The van der Waals surface area contributed by atoms with Crippen LogP contribution in [0.2, 0.25) is 0 Å². The average molecular weight is 471 g/mol. The van der Waals surface area contributed by atoms with E-state index in [0.29, 0.717) is 31.7 Å². The topological polar surface area (TPSA) is 96.7 Å². The fourth-order valence-corrected chi connectivity index (χ4v) is 5.63. The molecule has 3 aliphatic rings. The van der Waals surface area contributed by atoms with E-state index in [4.69, 9.17) is 10.5 Å². The van der Waals surface area contributed by atoms with Gasteiger partial charge < -0.3 is 26.0 Å². The zero-order valence-corrected chi connectivity index (χ0v) is 20.5. The van der Waals surface area contributed by atoms with E-state index in [-0.39, 0.29) is 11.8 Å². The quantitative estimate of drug-likeness (QED) is 0.514. The Kier molecular flexibility index (Phi) is 8.98. The van der Waals surface area contributed by atoms with Crippen LogP contribution in [0.3, 0.4) is 0 Å². The van der Waals surface area contributed by atoms with Crippen molar-refractivity contribution in [1.82, 2.24) is 15.5 Å². The first kappa shape index (κ1) is 25.1. The van der Waals surface area contributed by atoms with Crippen LogP contribution in [0.15, 0.2) is 30.3 Å². The van der Waals surface area contributed by atoms with Gasteiger partial charge in [-0.15, -0.1) is 0 Å². The van der Waals surface area contributed by atoms with Gasteiger partial charge in [0.05, 0.1) is 5.54 Å². The van der Waals surface area contributed by atoms with Crippen LogP contribution in [-0.4, -0.2) is 67.7 Å². The monoisotopic (exact) mass is 470 g/mol. The summed E-state index contributed by atoms with van der Waals surface area (Å²) in [5, 5.41) is 6.14. The molecule has 4 N–H and O–H groups in total. The van der Waals surface area contributed by atoms with Crippen LogP contribution < -0.4 is 16.4 Å². The normalized spacial score (nSPS) is 22.9. The number of hydrogen-bond donors (Lipinski definition) is 3. The van der Waals surface area contributed by atoms with Gasteiger partial charge in [0.1, 0.15) is 6.04 Å². The highest BCUT2D eigenvalue weighted by molar-refractivity contribution is 5.92. The van der Waals surface area contributed by atoms with Gasteiger partial charge in [0.25, 0.3) is 0 Å². The summed E-state index contributed by atoms with van der Waals surface area (Å²) in [6.45, 7) is 5.83. The lowest BCUT2D eigenvalue weighted by Gasteiger charge is -2.35. The lowest BCUT2D eigenvalue weighted by atomic mass is 9.93. The Morgan fingerprint density at radius 2 is 1.71 bits per heavy atom. The number of ether oxygens (including phenoxy) is 1. The third-order valence-electron chi connectivity index (χ3n) is 7.98. The molecule has 2 heterocycles. The first-order valence-electron chi connectivity index (χ1n) is 13.2. The number of likely N-dealkylation sites (tertiary alicyclic amines) is 1. The van der Waals surface area contributed by atoms with Crippen LogP contribution in [0.1, 0.15) is 56.9 Å². The van der Waals surface area contributed by atoms with Crippen LogP contribution in [0, 0.1) is 11.8 Å². The lowest BCUT2D eigenvalue weighted by molar-refractivity contribution is -0.132. The summed E-state index contributed by atoms with van der Waals surface area (Å²) >= 11 is 0. The molecule has 1 aromatic rings. The number of nitrogens with one attached hydrogen (secondary N) is 2. The van der Waals surface area contributed by atoms with E-state index in [9.17, 15) is 9.59 Å². The summed E-state index contributed by atoms with van der Waals surface area (Å²) in [6.07, 6.45) is 8.33. The third-order valence-corrected chi connectivity index (χ3v) is 7.98. The van der Waals surface area contributed by atoms with Crippen molar-refractivity contribution in [1.29, 1.82) is 0 Å². The number of amides is 2. The maximum atomic E-state index is 13.2. The van der Waals surface area contributed by atoms with Crippen LogP contribution in [0.25, 0.3) is 0 Å². The minimum atomic E-state index is -0.841. The molecule has 1 aromatic carbocycles. The zero-order valence-electron chi connectivity index (χ0n) is 20.5. The Labute approximate surface area is 204 Å². The highest BCUT2D eigenvalue weighted by Gasteiger charge is 2.38. The van der Waals surface area contributed by atoms with E-state index in [0.717, 1.165) is 63.5 Å². The van der Waals surface area contributed by atoms with E-state index in [1.165, 1.54) is 19.4 Å². The summed E-state index contributed by atoms with van der Waals surface area (Å²) < 4.78 is 5.48. The van der Waals surface area contributed by atoms with Crippen LogP contribution in [0.4, 0.5) is 0 Å². The van der Waals surface area contributed by atoms with E-state index in [1.54, 1.807) is 0 Å². The van der Waals surface area contributed by atoms with Gasteiger partial charge in [0.15, 0.2) is 0 Å². The molecule has 0 aromatic heterocycles. The van der Waals surface area contributed by atoms with Gasteiger partial charge in [-0.2, -0.15) is 0 Å². The van der Waals surface area contributed by atoms with Gasteiger partial charge in [-0.3, -0.25) is 9.59 Å². The Bertz CT molecular complexity index is 782. The Hall–Kier alpha value is -1.96. The minimum Gasteiger partial charge on any atom is -0.381 e. The summed E-state index contributed by atoms with van der Waals surface area (Å²) in [5.74, 6) is 0.947. The number of carbonyl (C=O) groups is 2. The van der Waals surface area contributed by atoms with Crippen molar-refractivity contribution in [2.45, 2.75) is 69.4 Å². The molecule has 0 spiro atoms. The molecular formula is C27H42N4O3. The van der Waals surface area contributed by atoms with Crippen molar-refractivity contribution < 1.29 is 14.3 Å². The number of nitrogens with two attached hydrogens (primary N) is 1. The fourth-order valence-electron chi connectivity index (χ4n) is 5.63. The number of benzene rings is 1. The van der Waals surface area contributed by atoms with Gasteiger partial charge in [0, 0.05) is 32.7 Å². The van der Waals surface area contributed by atoms with Gasteiger partial charge in [0.2, 0.25) is 11.8 Å². The molecule has 0 bridgehead atoms. The molecule has 188 valence electrons. The standard InChI is InChI=1S/C27H42N4O3/c28-27(12-4-5-13-27)26(33)30-24(18-21-6-2-1-3-7-21)25(32)29-19-22-8-14-31(15-9-22)20-23-10-16-34-17-11-23/h1-3,6-7,22-24H,4-5,8-20,28H2,(H,29,32)(H,30,33). The van der Waals surface area contributed by atoms with Crippen LogP contribution in [0.5, 0.6) is 0 Å². The third kappa shape index (κ3) is 7.03. The predicted octanol–water partition coefficient (Wildman–Crippen LogP) is 2.24. The second-order valence-electron chi connectivity index (χ2n) is 10.6. The number of hydrogen-bond acceptors (Lipinski definition) is 5. The zero-order chi connectivity index (χ0) is 23.8. The van der Waals surface area contributed by atoms with E-state index >= 15 is 0 Å². The second kappa shape index (κ2) is 12.1. The molecule has 4 rings (SSSR count). The molecule has 1 aliphatic carbocycles. The van der Waals surface area contributed by atoms with Gasteiger partial charge in [-0.1, -0.05) is 43.2 Å². The summed E-state index contributed by atoms with van der Waals surface area (Å²) in [4.78, 5) is 28.7. The molecule has 34 heavy (non-hydrogen) atoms. The van der Waals surface area contributed by atoms with Crippen molar-refractivity contribution in [3.05, 3.63) is 35.9 Å². The molecule has 3 fully saturated rings. The van der Waals surface area contributed by atoms with Gasteiger partial charge >= 0.3 is 0 Å². The predicted molar refractivity (Wildman–Crippen MR) is 133 cm³/mol. The highest BCUT2D eigenvalue weighted by Crippen LogP contribution is 2.27. The number of nitrogens with zero attached hydrogens (tertiary/aromatic N) is 1. The minimum absolute atomic E-state index is 0.108. The first-order chi connectivity index (χ1) is 16.5. The summed E-state index contributed by atoms with van der Waals surface area (Å²) in [5.41, 5.74) is 6.55. The molecule has 7 nitrogen and oxygen atoms in total. The SMILES string of the molecule is NC1(C(=O)NC(Cc2ccccc2)C(=O)NCC2CCN(CC3CCOCC3)CC2)CCCC1. The number of piperidine rings is 1. The van der Waals surface area contributed by atoms with Crippen molar-refractivity contribution in [3.8, 4) is 0 Å². The molecule has 7 heteroatoms. The molecule has 1 saturated carbocycles. The molecule has 2 saturated heterocycles. The highest BCUT2D eigenvalue weighted by atomic mass is 16.5. The first-order valence-corrected chi connectivity index (χ1v) is 13.2. The second-order valence-corrected chi connectivity index (χ2v) is 10.6. The molecule has 1 atom stereocenters. The van der Waals surface area contributed by atoms with E-state index in [1.807, 2.05) is 30.3 Å². The molecule has 1 unspecified atom stereocenters. The smallest absolute Gasteiger partial charge is 0.242 e. The fraction of sp³-hybridized carbons (Fsp3) is 0.704. The lowest BCUT2D eigenvalue weighted by Crippen LogP contribution is -2.58. The van der Waals surface area contributed by atoms with Gasteiger partial charge in [-0.05, 0) is 69.0 Å². The Morgan fingerprint density at radius 3 is 2.38 bits per heavy atom. The summed E-state index contributed by atoms with van der Waals surface area (Å²) in [7, 11) is 0. The molecule has 2 aliphatic heterocycles. The number of carbonyl (C=O) groups excluding carboxylic acids is 2. The van der Waals surface area contributed by atoms with Crippen molar-refractivity contribution in [3.63, 3.8) is 0 Å². The molecule has 0 radical (unpaired) electrons. The van der Waals surface area contributed by atoms with E-state index in [2.05, 4.69) is 15.5 Å². The van der Waals surface area contributed by atoms with E-state index < -0.39 is 11.6 Å². The Balaban J connectivity index is 1.26. The maximum Gasteiger partial charge on any atom is 0.242 e. The van der Waals surface area contributed by atoms with Crippen LogP contribution >= 0.6 is 0 Å². The maximum absolute atomic E-state index is 13.2. The Morgan fingerprint density at radius 1 is 1.03 bits per heavy atom. The molecular weight excluding hydrogens is 428 g/mol. The van der Waals surface area contributed by atoms with Crippen LogP contribution in [-0.2, 0) is 20.7 Å². The van der Waals surface area contributed by atoms with Crippen molar-refractivity contribution in [2.24, 2.45) is 17.6 Å². The van der Waals surface area contributed by atoms with Gasteiger partial charge in [-0.25, -0.2) is 0 Å².